The van der Waals surface area contributed by atoms with Crippen LogP contribution in [-0.2, 0) is 0 Å². The second-order valence-electron chi connectivity index (χ2n) is 6.75. The molecule has 0 aliphatic heterocycles. The lowest BCUT2D eigenvalue weighted by molar-refractivity contribution is 0.0735. The molecule has 0 bridgehead atoms. The summed E-state index contributed by atoms with van der Waals surface area (Å²) in [6.07, 6.45) is 0. The van der Waals surface area contributed by atoms with Gasteiger partial charge in [0.15, 0.2) is 0 Å². The summed E-state index contributed by atoms with van der Waals surface area (Å²) in [5.41, 5.74) is 5.06. The van der Waals surface area contributed by atoms with E-state index < -0.39 is 5.97 Å². The molecule has 3 aromatic carbocycles. The summed E-state index contributed by atoms with van der Waals surface area (Å²) in [7, 11) is 0. The van der Waals surface area contributed by atoms with Gasteiger partial charge in [-0.15, -0.1) is 0 Å². The highest BCUT2D eigenvalue weighted by molar-refractivity contribution is 5.91. The van der Waals surface area contributed by atoms with E-state index in [9.17, 15) is 9.18 Å². The van der Waals surface area contributed by atoms with Gasteiger partial charge in [0, 0.05) is 5.56 Å². The zero-order valence-electron chi connectivity index (χ0n) is 16.0. The molecule has 0 N–H and O–H groups in total. The van der Waals surface area contributed by atoms with Gasteiger partial charge in [-0.05, 0) is 60.9 Å². The summed E-state index contributed by atoms with van der Waals surface area (Å²) in [5, 5.41) is 0. The highest BCUT2D eigenvalue weighted by Crippen LogP contribution is 2.26. The summed E-state index contributed by atoms with van der Waals surface area (Å²) < 4.78 is 19.8. The molecule has 0 spiro atoms. The molecule has 3 aromatic rings. The zero-order chi connectivity index (χ0) is 20.3. The third kappa shape index (κ3) is 4.26. The molecular weight excluding hydrogens is 351 g/mol. The fourth-order valence-corrected chi connectivity index (χ4v) is 2.77. The molecule has 0 saturated carbocycles. The summed E-state index contributed by atoms with van der Waals surface area (Å²) >= 11 is 0. The smallest absolute Gasteiger partial charge is 0.343 e. The number of esters is 1. The van der Waals surface area contributed by atoms with E-state index in [0.29, 0.717) is 22.4 Å². The quantitative estimate of drug-likeness (QED) is 0.364. The minimum Gasteiger partial charge on any atom is -0.423 e. The third-order valence-electron chi connectivity index (χ3n) is 4.45. The number of carbonyl (C=O) groups is 1. The first-order chi connectivity index (χ1) is 13.3. The van der Waals surface area contributed by atoms with Crippen LogP contribution in [0.1, 0.15) is 35.3 Å². The minimum atomic E-state index is -0.465. The Bertz CT molecular complexity index is 1040. The van der Waals surface area contributed by atoms with Gasteiger partial charge < -0.3 is 4.74 Å². The standard InChI is InChI=1S/C25H21FO2/c1-16(2)18-9-12-22(13-10-18)28-25(27)20-7-5-19(6-8-20)23-14-11-21(17(3)4)15-24(23)26/h5-15H,1,3H2,2,4H3. The Hall–Kier alpha value is -3.46. The molecule has 0 heterocycles. The molecule has 3 rings (SSSR count). The van der Waals surface area contributed by atoms with E-state index >= 15 is 0 Å². The van der Waals surface area contributed by atoms with Crippen molar-refractivity contribution in [1.82, 2.24) is 0 Å². The van der Waals surface area contributed by atoms with Gasteiger partial charge >= 0.3 is 5.97 Å². The molecule has 0 aliphatic rings. The van der Waals surface area contributed by atoms with Crippen LogP contribution in [0.15, 0.2) is 79.9 Å². The van der Waals surface area contributed by atoms with Crippen LogP contribution in [0.4, 0.5) is 4.39 Å². The van der Waals surface area contributed by atoms with E-state index in [1.54, 1.807) is 42.5 Å². The lowest BCUT2D eigenvalue weighted by Gasteiger charge is -2.08. The molecule has 28 heavy (non-hydrogen) atoms. The van der Waals surface area contributed by atoms with Gasteiger partial charge in [-0.25, -0.2) is 9.18 Å². The van der Waals surface area contributed by atoms with E-state index in [1.165, 1.54) is 6.07 Å². The van der Waals surface area contributed by atoms with Crippen LogP contribution in [0, 0.1) is 5.82 Å². The highest BCUT2D eigenvalue weighted by Gasteiger charge is 2.11. The SMILES string of the molecule is C=C(C)c1ccc(OC(=O)c2ccc(-c3ccc(C(=C)C)cc3F)cc2)cc1. The van der Waals surface area contributed by atoms with Crippen molar-refractivity contribution in [2.45, 2.75) is 13.8 Å². The van der Waals surface area contributed by atoms with Crippen LogP contribution in [0.2, 0.25) is 0 Å². The lowest BCUT2D eigenvalue weighted by atomic mass is 10.00. The van der Waals surface area contributed by atoms with Crippen molar-refractivity contribution in [1.29, 1.82) is 0 Å². The van der Waals surface area contributed by atoms with E-state index in [2.05, 4.69) is 13.2 Å². The second kappa shape index (κ2) is 8.05. The van der Waals surface area contributed by atoms with Gasteiger partial charge in [-0.3, -0.25) is 0 Å². The fraction of sp³-hybridized carbons (Fsp3) is 0.0800. The van der Waals surface area contributed by atoms with Crippen molar-refractivity contribution in [3.8, 4) is 16.9 Å². The Kier molecular flexibility index (Phi) is 5.55. The largest absolute Gasteiger partial charge is 0.423 e. The van der Waals surface area contributed by atoms with E-state index in [-0.39, 0.29) is 5.82 Å². The molecule has 0 saturated heterocycles. The molecule has 0 aromatic heterocycles. The Morgan fingerprint density at radius 2 is 1.32 bits per heavy atom. The van der Waals surface area contributed by atoms with Crippen LogP contribution in [0.25, 0.3) is 22.3 Å². The number of ether oxygens (including phenoxy) is 1. The molecule has 140 valence electrons. The van der Waals surface area contributed by atoms with Crippen LogP contribution in [0.3, 0.4) is 0 Å². The van der Waals surface area contributed by atoms with Crippen molar-refractivity contribution >= 4 is 17.1 Å². The highest BCUT2D eigenvalue weighted by atomic mass is 19.1. The number of carbonyl (C=O) groups excluding carboxylic acids is 1. The molecule has 0 fully saturated rings. The van der Waals surface area contributed by atoms with Crippen molar-refractivity contribution in [2.75, 3.05) is 0 Å². The Morgan fingerprint density at radius 3 is 1.86 bits per heavy atom. The average Bonchev–Trinajstić information content (AvgIpc) is 2.68. The molecule has 0 unspecified atom stereocenters. The molecule has 0 amide bonds. The number of benzene rings is 3. The van der Waals surface area contributed by atoms with E-state index in [0.717, 1.165) is 22.3 Å². The normalized spacial score (nSPS) is 10.4. The Balaban J connectivity index is 1.76. The van der Waals surface area contributed by atoms with Crippen LogP contribution in [0.5, 0.6) is 5.75 Å². The molecular formula is C25H21FO2. The van der Waals surface area contributed by atoms with Crippen molar-refractivity contribution in [3.63, 3.8) is 0 Å². The maximum absolute atomic E-state index is 14.4. The molecule has 0 radical (unpaired) electrons. The number of hydrogen-bond acceptors (Lipinski definition) is 2. The van der Waals surface area contributed by atoms with Crippen LogP contribution < -0.4 is 4.74 Å². The topological polar surface area (TPSA) is 26.3 Å². The number of halogens is 1. The van der Waals surface area contributed by atoms with Gasteiger partial charge in [0.05, 0.1) is 5.56 Å². The first-order valence-electron chi connectivity index (χ1n) is 8.89. The lowest BCUT2D eigenvalue weighted by Crippen LogP contribution is -2.08. The Labute approximate surface area is 164 Å². The number of allylic oxidation sites excluding steroid dienone is 2. The first kappa shape index (κ1) is 19.3. The van der Waals surface area contributed by atoms with Crippen molar-refractivity contribution in [3.05, 3.63) is 102 Å². The van der Waals surface area contributed by atoms with Gasteiger partial charge in [0.25, 0.3) is 0 Å². The summed E-state index contributed by atoms with van der Waals surface area (Å²) in [6, 6.07) is 18.9. The van der Waals surface area contributed by atoms with Gasteiger partial charge in [-0.1, -0.05) is 60.7 Å². The summed E-state index contributed by atoms with van der Waals surface area (Å²) in [5.74, 6) is -0.332. The Morgan fingerprint density at radius 1 is 0.786 bits per heavy atom. The maximum atomic E-state index is 14.4. The first-order valence-corrected chi connectivity index (χ1v) is 8.89. The number of rotatable bonds is 5. The predicted molar refractivity (Wildman–Crippen MR) is 113 cm³/mol. The van der Waals surface area contributed by atoms with Crippen LogP contribution >= 0.6 is 0 Å². The monoisotopic (exact) mass is 372 g/mol. The van der Waals surface area contributed by atoms with E-state index in [4.69, 9.17) is 4.74 Å². The average molecular weight is 372 g/mol. The van der Waals surface area contributed by atoms with Crippen molar-refractivity contribution in [2.24, 2.45) is 0 Å². The zero-order valence-corrected chi connectivity index (χ0v) is 16.0. The van der Waals surface area contributed by atoms with E-state index in [1.807, 2.05) is 32.0 Å². The molecule has 0 atom stereocenters. The molecule has 2 nitrogen and oxygen atoms in total. The molecule has 3 heteroatoms. The minimum absolute atomic E-state index is 0.326. The maximum Gasteiger partial charge on any atom is 0.343 e. The third-order valence-corrected chi connectivity index (χ3v) is 4.45. The van der Waals surface area contributed by atoms with Gasteiger partial charge in [0.1, 0.15) is 11.6 Å². The summed E-state index contributed by atoms with van der Waals surface area (Å²) in [6.45, 7) is 11.5. The van der Waals surface area contributed by atoms with Crippen LogP contribution in [-0.4, -0.2) is 5.97 Å². The van der Waals surface area contributed by atoms with Gasteiger partial charge in [-0.2, -0.15) is 0 Å². The van der Waals surface area contributed by atoms with Crippen molar-refractivity contribution < 1.29 is 13.9 Å². The molecule has 0 aliphatic carbocycles. The number of hydrogen-bond donors (Lipinski definition) is 0. The second-order valence-corrected chi connectivity index (χ2v) is 6.75. The fourth-order valence-electron chi connectivity index (χ4n) is 2.77. The summed E-state index contributed by atoms with van der Waals surface area (Å²) in [4.78, 5) is 12.3. The van der Waals surface area contributed by atoms with Gasteiger partial charge in [0.2, 0.25) is 0 Å². The predicted octanol–water partition coefficient (Wildman–Crippen LogP) is 6.78.